The van der Waals surface area contributed by atoms with Gasteiger partial charge in [0.05, 0.1) is 7.11 Å². The quantitative estimate of drug-likeness (QED) is 0.370. The molecule has 0 saturated carbocycles. The summed E-state index contributed by atoms with van der Waals surface area (Å²) >= 11 is 0. The number of hydrogen-bond acceptors (Lipinski definition) is 2. The summed E-state index contributed by atoms with van der Waals surface area (Å²) in [6.07, 6.45) is 1.90. The molecule has 0 aromatic heterocycles. The standard InChI is InChI=1S/C30H29NO/c1-23(31-20-19-27-13-8-12-26-11-6-7-14-30(26)27)21-28-22-29(32-2)18-17-25(28)16-15-24-9-4-3-5-10-24/h3-14,17-18,22-23,31H,19-21H2,1-2H3. The van der Waals surface area contributed by atoms with Gasteiger partial charge in [0.15, 0.2) is 0 Å². The van der Waals surface area contributed by atoms with Crippen LogP contribution in [0.5, 0.6) is 5.75 Å². The fourth-order valence-corrected chi connectivity index (χ4v) is 4.01. The number of methoxy groups -OCH3 is 1. The van der Waals surface area contributed by atoms with Crippen molar-refractivity contribution >= 4 is 10.8 Å². The lowest BCUT2D eigenvalue weighted by atomic mass is 9.99. The molecule has 4 aromatic rings. The van der Waals surface area contributed by atoms with Crippen LogP contribution in [0.3, 0.4) is 0 Å². The Morgan fingerprint density at radius 1 is 0.812 bits per heavy atom. The molecule has 1 unspecified atom stereocenters. The van der Waals surface area contributed by atoms with E-state index in [-0.39, 0.29) is 0 Å². The molecule has 0 bridgehead atoms. The summed E-state index contributed by atoms with van der Waals surface area (Å²) in [6, 6.07) is 31.7. The van der Waals surface area contributed by atoms with E-state index in [0.29, 0.717) is 6.04 Å². The van der Waals surface area contributed by atoms with E-state index in [1.807, 2.05) is 36.4 Å². The zero-order valence-corrected chi connectivity index (χ0v) is 18.8. The monoisotopic (exact) mass is 419 g/mol. The van der Waals surface area contributed by atoms with Gasteiger partial charge in [-0.1, -0.05) is 72.5 Å². The molecule has 0 radical (unpaired) electrons. The van der Waals surface area contributed by atoms with Gasteiger partial charge < -0.3 is 10.1 Å². The van der Waals surface area contributed by atoms with Crippen LogP contribution >= 0.6 is 0 Å². The maximum Gasteiger partial charge on any atom is 0.119 e. The molecule has 0 aliphatic rings. The van der Waals surface area contributed by atoms with E-state index in [1.165, 1.54) is 21.9 Å². The van der Waals surface area contributed by atoms with Crippen LogP contribution in [-0.4, -0.2) is 19.7 Å². The second-order valence-electron chi connectivity index (χ2n) is 8.09. The Labute approximate surface area is 191 Å². The van der Waals surface area contributed by atoms with Crippen molar-refractivity contribution < 1.29 is 4.74 Å². The lowest BCUT2D eigenvalue weighted by Crippen LogP contribution is -2.30. The molecular formula is C30H29NO. The fraction of sp³-hybridized carbons (Fsp3) is 0.200. The topological polar surface area (TPSA) is 21.3 Å². The molecule has 2 nitrogen and oxygen atoms in total. The van der Waals surface area contributed by atoms with E-state index >= 15 is 0 Å². The van der Waals surface area contributed by atoms with Crippen molar-refractivity contribution in [2.24, 2.45) is 0 Å². The van der Waals surface area contributed by atoms with E-state index in [0.717, 1.165) is 36.3 Å². The number of hydrogen-bond donors (Lipinski definition) is 1. The molecule has 1 N–H and O–H groups in total. The van der Waals surface area contributed by atoms with Crippen LogP contribution < -0.4 is 10.1 Å². The molecule has 0 heterocycles. The van der Waals surface area contributed by atoms with E-state index in [1.54, 1.807) is 7.11 Å². The zero-order chi connectivity index (χ0) is 22.2. The maximum atomic E-state index is 5.47. The molecule has 0 saturated heterocycles. The maximum absolute atomic E-state index is 5.47. The number of rotatable bonds is 7. The van der Waals surface area contributed by atoms with Gasteiger partial charge in [-0.3, -0.25) is 0 Å². The largest absolute Gasteiger partial charge is 0.497 e. The van der Waals surface area contributed by atoms with Gasteiger partial charge in [-0.15, -0.1) is 0 Å². The van der Waals surface area contributed by atoms with Gasteiger partial charge in [-0.05, 0) is 78.5 Å². The third kappa shape index (κ3) is 5.58. The molecule has 4 rings (SSSR count). The van der Waals surface area contributed by atoms with Crippen molar-refractivity contribution in [1.82, 2.24) is 5.32 Å². The summed E-state index contributed by atoms with van der Waals surface area (Å²) in [6.45, 7) is 3.17. The smallest absolute Gasteiger partial charge is 0.119 e. The zero-order valence-electron chi connectivity index (χ0n) is 18.8. The van der Waals surface area contributed by atoms with Crippen molar-refractivity contribution in [3.05, 3.63) is 113 Å². The van der Waals surface area contributed by atoms with E-state index in [4.69, 9.17) is 4.74 Å². The van der Waals surface area contributed by atoms with Crippen LogP contribution in [0, 0.1) is 11.8 Å². The average molecular weight is 420 g/mol. The predicted molar refractivity (Wildman–Crippen MR) is 134 cm³/mol. The molecular weight excluding hydrogens is 390 g/mol. The Balaban J connectivity index is 1.43. The first-order valence-corrected chi connectivity index (χ1v) is 11.2. The summed E-state index contributed by atoms with van der Waals surface area (Å²) in [7, 11) is 1.71. The van der Waals surface area contributed by atoms with E-state index < -0.39 is 0 Å². The van der Waals surface area contributed by atoms with Crippen LogP contribution in [0.4, 0.5) is 0 Å². The molecule has 0 amide bonds. The first-order chi connectivity index (χ1) is 15.7. The molecule has 4 aromatic carbocycles. The van der Waals surface area contributed by atoms with Crippen LogP contribution in [0.2, 0.25) is 0 Å². The molecule has 1 atom stereocenters. The van der Waals surface area contributed by atoms with Gasteiger partial charge in [-0.2, -0.15) is 0 Å². The fourth-order valence-electron chi connectivity index (χ4n) is 4.01. The van der Waals surface area contributed by atoms with E-state index in [2.05, 4.69) is 78.7 Å². The van der Waals surface area contributed by atoms with Crippen molar-refractivity contribution in [3.8, 4) is 17.6 Å². The number of fused-ring (bicyclic) bond motifs is 1. The van der Waals surface area contributed by atoms with Gasteiger partial charge in [-0.25, -0.2) is 0 Å². The molecule has 160 valence electrons. The minimum atomic E-state index is 0.328. The van der Waals surface area contributed by atoms with Gasteiger partial charge in [0, 0.05) is 17.2 Å². The van der Waals surface area contributed by atoms with Crippen molar-refractivity contribution in [2.75, 3.05) is 13.7 Å². The summed E-state index contributed by atoms with van der Waals surface area (Å²) in [4.78, 5) is 0. The molecule has 2 heteroatoms. The predicted octanol–water partition coefficient (Wildman–Crippen LogP) is 6.01. The Kier molecular flexibility index (Phi) is 7.23. The minimum absolute atomic E-state index is 0.328. The second kappa shape index (κ2) is 10.7. The highest BCUT2D eigenvalue weighted by Gasteiger charge is 2.09. The normalized spacial score (nSPS) is 11.6. The molecule has 0 spiro atoms. The number of benzene rings is 4. The second-order valence-corrected chi connectivity index (χ2v) is 8.09. The van der Waals surface area contributed by atoms with Gasteiger partial charge in [0.25, 0.3) is 0 Å². The Bertz CT molecular complexity index is 1230. The van der Waals surface area contributed by atoms with Crippen molar-refractivity contribution in [2.45, 2.75) is 25.8 Å². The molecule has 0 aliphatic heterocycles. The third-order valence-corrected chi connectivity index (χ3v) is 5.72. The summed E-state index contributed by atoms with van der Waals surface area (Å²) in [5, 5.41) is 6.34. The van der Waals surface area contributed by atoms with Gasteiger partial charge in [0.2, 0.25) is 0 Å². The van der Waals surface area contributed by atoms with E-state index in [9.17, 15) is 0 Å². The molecule has 0 fully saturated rings. The number of ether oxygens (including phenoxy) is 1. The molecule has 0 aliphatic carbocycles. The Morgan fingerprint density at radius 3 is 2.44 bits per heavy atom. The Hall–Kier alpha value is -3.54. The van der Waals surface area contributed by atoms with Crippen LogP contribution in [-0.2, 0) is 12.8 Å². The first-order valence-electron chi connectivity index (χ1n) is 11.2. The van der Waals surface area contributed by atoms with Crippen LogP contribution in [0.25, 0.3) is 10.8 Å². The SMILES string of the molecule is COc1ccc(C#Cc2ccccc2)c(CC(C)NCCc2cccc3ccccc23)c1. The van der Waals surface area contributed by atoms with Crippen LogP contribution in [0.1, 0.15) is 29.2 Å². The average Bonchev–Trinajstić information content (AvgIpc) is 2.84. The summed E-state index contributed by atoms with van der Waals surface area (Å²) in [5.41, 5.74) is 4.67. The summed E-state index contributed by atoms with van der Waals surface area (Å²) < 4.78 is 5.47. The van der Waals surface area contributed by atoms with Gasteiger partial charge >= 0.3 is 0 Å². The third-order valence-electron chi connectivity index (χ3n) is 5.72. The first kappa shape index (κ1) is 21.7. The summed E-state index contributed by atoms with van der Waals surface area (Å²) in [5.74, 6) is 7.51. The van der Waals surface area contributed by atoms with Crippen molar-refractivity contribution in [1.29, 1.82) is 0 Å². The number of nitrogens with one attached hydrogen (secondary N) is 1. The lowest BCUT2D eigenvalue weighted by Gasteiger charge is -2.16. The van der Waals surface area contributed by atoms with Crippen LogP contribution in [0.15, 0.2) is 91.0 Å². The highest BCUT2D eigenvalue weighted by molar-refractivity contribution is 5.85. The Morgan fingerprint density at radius 2 is 1.59 bits per heavy atom. The highest BCUT2D eigenvalue weighted by Crippen LogP contribution is 2.20. The lowest BCUT2D eigenvalue weighted by molar-refractivity contribution is 0.414. The van der Waals surface area contributed by atoms with Crippen molar-refractivity contribution in [3.63, 3.8) is 0 Å². The van der Waals surface area contributed by atoms with Gasteiger partial charge in [0.1, 0.15) is 5.75 Å². The highest BCUT2D eigenvalue weighted by atomic mass is 16.5. The molecule has 32 heavy (non-hydrogen) atoms. The minimum Gasteiger partial charge on any atom is -0.497 e.